The molecular formula is C15H16F2N2S. The summed E-state index contributed by atoms with van der Waals surface area (Å²) in [6.45, 7) is 3.84. The standard InChI is InChI=1S/C15H16F2N2S/c1-2-7-18-9-11-3-6-15(19-10-11)20-14-8-12(16)4-5-13(14)17/h3-6,8,10,18H,2,7,9H2,1H3. The van der Waals surface area contributed by atoms with Crippen molar-refractivity contribution in [3.63, 3.8) is 0 Å². The molecule has 0 saturated heterocycles. The van der Waals surface area contributed by atoms with Crippen LogP contribution in [0.15, 0.2) is 46.5 Å². The van der Waals surface area contributed by atoms with Crippen molar-refractivity contribution in [3.05, 3.63) is 53.7 Å². The van der Waals surface area contributed by atoms with E-state index in [0.29, 0.717) is 5.03 Å². The van der Waals surface area contributed by atoms with Gasteiger partial charge < -0.3 is 5.32 Å². The lowest BCUT2D eigenvalue weighted by Crippen LogP contribution is -2.13. The Balaban J connectivity index is 2.01. The Kier molecular flexibility index (Phi) is 5.49. The SMILES string of the molecule is CCCNCc1ccc(Sc2cc(F)ccc2F)nc1. The number of nitrogens with zero attached hydrogens (tertiary/aromatic N) is 1. The van der Waals surface area contributed by atoms with Gasteiger partial charge in [-0.1, -0.05) is 24.8 Å². The Morgan fingerprint density at radius 2 is 2.05 bits per heavy atom. The van der Waals surface area contributed by atoms with Crippen LogP contribution in [0.5, 0.6) is 0 Å². The fourth-order valence-corrected chi connectivity index (χ4v) is 2.46. The van der Waals surface area contributed by atoms with Gasteiger partial charge in [0.15, 0.2) is 0 Å². The minimum atomic E-state index is -0.450. The number of aromatic nitrogens is 1. The van der Waals surface area contributed by atoms with Crippen molar-refractivity contribution in [1.82, 2.24) is 10.3 Å². The number of rotatable bonds is 6. The van der Waals surface area contributed by atoms with Gasteiger partial charge in [0.1, 0.15) is 16.7 Å². The molecular weight excluding hydrogens is 278 g/mol. The predicted octanol–water partition coefficient (Wildman–Crippen LogP) is 4.01. The van der Waals surface area contributed by atoms with E-state index in [-0.39, 0.29) is 4.90 Å². The Morgan fingerprint density at radius 3 is 2.75 bits per heavy atom. The molecule has 5 heteroatoms. The molecule has 2 nitrogen and oxygen atoms in total. The molecule has 0 radical (unpaired) electrons. The summed E-state index contributed by atoms with van der Waals surface area (Å²) in [6, 6.07) is 7.17. The molecule has 0 atom stereocenters. The minimum absolute atomic E-state index is 0.245. The number of hydrogen-bond donors (Lipinski definition) is 1. The number of hydrogen-bond acceptors (Lipinski definition) is 3. The summed E-state index contributed by atoms with van der Waals surface area (Å²) >= 11 is 1.12. The topological polar surface area (TPSA) is 24.9 Å². The van der Waals surface area contributed by atoms with E-state index in [0.717, 1.165) is 49.0 Å². The van der Waals surface area contributed by atoms with E-state index in [1.807, 2.05) is 12.1 Å². The first kappa shape index (κ1) is 14.9. The van der Waals surface area contributed by atoms with Gasteiger partial charge in [0.2, 0.25) is 0 Å². The van der Waals surface area contributed by atoms with Crippen molar-refractivity contribution in [3.8, 4) is 0 Å². The van der Waals surface area contributed by atoms with Crippen LogP contribution in [0, 0.1) is 11.6 Å². The normalized spacial score (nSPS) is 10.8. The van der Waals surface area contributed by atoms with E-state index in [4.69, 9.17) is 0 Å². The summed E-state index contributed by atoms with van der Waals surface area (Å²) in [5, 5.41) is 3.93. The third-order valence-electron chi connectivity index (χ3n) is 2.66. The molecule has 0 spiro atoms. The van der Waals surface area contributed by atoms with Crippen LogP contribution in [0.3, 0.4) is 0 Å². The molecule has 0 amide bonds. The zero-order valence-corrected chi connectivity index (χ0v) is 12.0. The molecule has 0 saturated carbocycles. The van der Waals surface area contributed by atoms with Crippen molar-refractivity contribution in [2.75, 3.05) is 6.54 Å². The molecule has 1 aromatic carbocycles. The molecule has 1 heterocycles. The Hall–Kier alpha value is -1.46. The van der Waals surface area contributed by atoms with E-state index in [9.17, 15) is 8.78 Å². The average molecular weight is 294 g/mol. The third kappa shape index (κ3) is 4.28. The van der Waals surface area contributed by atoms with Crippen molar-refractivity contribution < 1.29 is 8.78 Å². The zero-order chi connectivity index (χ0) is 14.4. The van der Waals surface area contributed by atoms with Crippen LogP contribution in [-0.2, 0) is 6.54 Å². The van der Waals surface area contributed by atoms with Gasteiger partial charge in [-0.05, 0) is 42.8 Å². The zero-order valence-electron chi connectivity index (χ0n) is 11.2. The van der Waals surface area contributed by atoms with Crippen LogP contribution in [0.25, 0.3) is 0 Å². The molecule has 2 rings (SSSR count). The Labute approximate surface area is 121 Å². The van der Waals surface area contributed by atoms with Crippen LogP contribution >= 0.6 is 11.8 Å². The monoisotopic (exact) mass is 294 g/mol. The van der Waals surface area contributed by atoms with Gasteiger partial charge in [0.25, 0.3) is 0 Å². The van der Waals surface area contributed by atoms with Gasteiger partial charge in [-0.3, -0.25) is 0 Å². The van der Waals surface area contributed by atoms with Crippen LogP contribution in [-0.4, -0.2) is 11.5 Å². The Bertz CT molecular complexity index is 558. The Morgan fingerprint density at radius 1 is 1.20 bits per heavy atom. The van der Waals surface area contributed by atoms with Crippen molar-refractivity contribution in [2.45, 2.75) is 29.8 Å². The van der Waals surface area contributed by atoms with Crippen LogP contribution in [0.2, 0.25) is 0 Å². The second kappa shape index (κ2) is 7.36. The molecule has 0 aliphatic heterocycles. The molecule has 0 unspecified atom stereocenters. The minimum Gasteiger partial charge on any atom is -0.313 e. The molecule has 106 valence electrons. The van der Waals surface area contributed by atoms with Gasteiger partial charge in [-0.15, -0.1) is 0 Å². The molecule has 2 aromatic rings. The molecule has 1 aromatic heterocycles. The number of halogens is 2. The fourth-order valence-electron chi connectivity index (χ4n) is 1.65. The quantitative estimate of drug-likeness (QED) is 0.815. The second-order valence-electron chi connectivity index (χ2n) is 4.36. The molecule has 0 aliphatic rings. The third-order valence-corrected chi connectivity index (χ3v) is 3.64. The predicted molar refractivity (Wildman–Crippen MR) is 76.7 cm³/mol. The van der Waals surface area contributed by atoms with E-state index >= 15 is 0 Å². The van der Waals surface area contributed by atoms with Gasteiger partial charge >= 0.3 is 0 Å². The van der Waals surface area contributed by atoms with Crippen LogP contribution in [0.4, 0.5) is 8.78 Å². The summed E-state index contributed by atoms with van der Waals surface area (Å²) in [4.78, 5) is 4.50. The van der Waals surface area contributed by atoms with Crippen LogP contribution in [0.1, 0.15) is 18.9 Å². The van der Waals surface area contributed by atoms with E-state index < -0.39 is 11.6 Å². The highest BCUT2D eigenvalue weighted by Crippen LogP contribution is 2.28. The van der Waals surface area contributed by atoms with Gasteiger partial charge in [0.05, 0.1) is 4.90 Å². The molecule has 0 aliphatic carbocycles. The van der Waals surface area contributed by atoms with Crippen LogP contribution < -0.4 is 5.32 Å². The summed E-state index contributed by atoms with van der Waals surface area (Å²) in [7, 11) is 0. The smallest absolute Gasteiger partial charge is 0.137 e. The highest BCUT2D eigenvalue weighted by molar-refractivity contribution is 7.99. The highest BCUT2D eigenvalue weighted by Gasteiger charge is 2.06. The summed E-state index contributed by atoms with van der Waals surface area (Å²) in [5.74, 6) is -0.888. The summed E-state index contributed by atoms with van der Waals surface area (Å²) in [5.41, 5.74) is 1.07. The number of pyridine rings is 1. The second-order valence-corrected chi connectivity index (χ2v) is 5.42. The van der Waals surface area contributed by atoms with Crippen molar-refractivity contribution >= 4 is 11.8 Å². The summed E-state index contributed by atoms with van der Waals surface area (Å²) in [6.07, 6.45) is 2.84. The molecule has 0 fully saturated rings. The van der Waals surface area contributed by atoms with Crippen molar-refractivity contribution in [2.24, 2.45) is 0 Å². The fraction of sp³-hybridized carbons (Fsp3) is 0.267. The van der Waals surface area contributed by atoms with E-state index in [1.165, 1.54) is 6.07 Å². The highest BCUT2D eigenvalue weighted by atomic mass is 32.2. The first-order chi connectivity index (χ1) is 9.69. The van der Waals surface area contributed by atoms with Crippen molar-refractivity contribution in [1.29, 1.82) is 0 Å². The molecule has 1 N–H and O–H groups in total. The maximum atomic E-state index is 13.5. The number of benzene rings is 1. The average Bonchev–Trinajstić information content (AvgIpc) is 2.45. The lowest BCUT2D eigenvalue weighted by atomic mass is 10.3. The first-order valence-corrected chi connectivity index (χ1v) is 7.29. The maximum Gasteiger partial charge on any atom is 0.137 e. The van der Waals surface area contributed by atoms with E-state index in [1.54, 1.807) is 6.20 Å². The summed E-state index contributed by atoms with van der Waals surface area (Å²) < 4.78 is 26.6. The van der Waals surface area contributed by atoms with Gasteiger partial charge in [-0.25, -0.2) is 13.8 Å². The molecule has 0 bridgehead atoms. The maximum absolute atomic E-state index is 13.5. The van der Waals surface area contributed by atoms with E-state index in [2.05, 4.69) is 17.2 Å². The largest absolute Gasteiger partial charge is 0.313 e. The van der Waals surface area contributed by atoms with Gasteiger partial charge in [0, 0.05) is 12.7 Å². The van der Waals surface area contributed by atoms with Gasteiger partial charge in [-0.2, -0.15) is 0 Å². The number of nitrogens with one attached hydrogen (secondary N) is 1. The first-order valence-electron chi connectivity index (χ1n) is 6.47. The molecule has 20 heavy (non-hydrogen) atoms. The lowest BCUT2D eigenvalue weighted by Gasteiger charge is -2.05. The lowest BCUT2D eigenvalue weighted by molar-refractivity contribution is 0.577.